The second-order valence-electron chi connectivity index (χ2n) is 27.3. The largest absolute Gasteiger partial charge is 0.480 e. The maximum Gasteiger partial charge on any atom is 0.472 e. The number of carboxylic acids is 1. The van der Waals surface area contributed by atoms with Gasteiger partial charge in [0, 0.05) is 69.9 Å². The van der Waals surface area contributed by atoms with Crippen molar-refractivity contribution in [3.8, 4) is 0 Å². The van der Waals surface area contributed by atoms with Gasteiger partial charge in [-0.25, -0.2) is 24.1 Å². The molecule has 2 aromatic heterocycles. The Hall–Kier alpha value is -7.67. The monoisotopic (exact) mass is 1560 g/mol. The molecule has 0 aliphatic heterocycles. The highest BCUT2D eigenvalue weighted by Crippen LogP contribution is 2.43. The van der Waals surface area contributed by atoms with Crippen LogP contribution in [0, 0.1) is 0 Å². The molecule has 3 amide bonds. The number of phosphoric ester groups is 1. The van der Waals surface area contributed by atoms with Crippen LogP contribution in [0.25, 0.3) is 11.2 Å². The quantitative estimate of drug-likeness (QED) is 0.00645. The van der Waals surface area contributed by atoms with E-state index in [1.54, 1.807) is 12.1 Å². The number of benzene rings is 1. The molecule has 0 spiro atoms. The predicted octanol–water partition coefficient (Wildman–Crippen LogP) is 11.8. The number of esters is 2. The van der Waals surface area contributed by atoms with E-state index in [2.05, 4.69) is 65.7 Å². The molecular weight excluding hydrogens is 1430 g/mol. The van der Waals surface area contributed by atoms with E-state index in [9.17, 15) is 57.7 Å². The van der Waals surface area contributed by atoms with E-state index in [4.69, 9.17) is 43.2 Å². The summed E-state index contributed by atoms with van der Waals surface area (Å²) in [4.78, 5) is 137. The molecule has 3 atom stereocenters. The van der Waals surface area contributed by atoms with Gasteiger partial charge in [0.15, 0.2) is 17.3 Å². The lowest BCUT2D eigenvalue weighted by Crippen LogP contribution is -2.41. The maximum absolute atomic E-state index is 13.0. The second kappa shape index (κ2) is 59.2. The van der Waals surface area contributed by atoms with Gasteiger partial charge in [-0.15, -0.1) is 0 Å². The molecule has 32 heteroatoms. The number of unbranched alkanes of at least 4 members (excludes halogenated alkanes) is 28. The zero-order valence-corrected chi connectivity index (χ0v) is 65.6. The van der Waals surface area contributed by atoms with Gasteiger partial charge in [-0.05, 0) is 56.4 Å². The first-order valence-corrected chi connectivity index (χ1v) is 41.5. The molecule has 2 heterocycles. The molecule has 4 aromatic rings. The van der Waals surface area contributed by atoms with Crippen molar-refractivity contribution < 1.29 is 80.8 Å². The lowest BCUT2D eigenvalue weighted by atomic mass is 10.0. The van der Waals surface area contributed by atoms with Crippen molar-refractivity contribution in [3.05, 3.63) is 72.5 Å². The first-order valence-electron chi connectivity index (χ1n) is 40.0. The number of aliphatic carboxylic acids is 1. The zero-order chi connectivity index (χ0) is 78.8. The van der Waals surface area contributed by atoms with Crippen LogP contribution >= 0.6 is 7.82 Å². The summed E-state index contributed by atoms with van der Waals surface area (Å²) in [6.07, 6.45) is 36.2. The Labute approximate surface area is 641 Å². The molecule has 2 aromatic carbocycles. The summed E-state index contributed by atoms with van der Waals surface area (Å²) in [5, 5.41) is 26.1. The van der Waals surface area contributed by atoms with Gasteiger partial charge < -0.3 is 76.1 Å². The molecule has 0 aliphatic rings. The van der Waals surface area contributed by atoms with Crippen molar-refractivity contribution in [2.24, 2.45) is 0 Å². The summed E-state index contributed by atoms with van der Waals surface area (Å²) < 4.78 is 56.0. The third-order valence-corrected chi connectivity index (χ3v) is 18.9. The Morgan fingerprint density at radius 3 is 1.58 bits per heavy atom. The van der Waals surface area contributed by atoms with Crippen LogP contribution in [-0.2, 0) is 67.8 Å². The third-order valence-electron chi connectivity index (χ3n) is 18.0. The van der Waals surface area contributed by atoms with Crippen LogP contribution in [0.1, 0.15) is 261 Å². The average Bonchev–Trinajstić information content (AvgIpc) is 0.780. The Morgan fingerprint density at radius 1 is 0.532 bits per heavy atom. The number of rotatable bonds is 70. The van der Waals surface area contributed by atoms with Crippen LogP contribution in [0.15, 0.2) is 44.8 Å². The number of carbonyl (C=O) groups excluding carboxylic acids is 5. The van der Waals surface area contributed by atoms with E-state index in [0.29, 0.717) is 83.3 Å². The van der Waals surface area contributed by atoms with Crippen LogP contribution in [-0.4, -0.2) is 170 Å². The number of alkyl carbamates (subject to hydrolysis) is 1. The smallest absolute Gasteiger partial charge is 0.472 e. The van der Waals surface area contributed by atoms with Crippen molar-refractivity contribution >= 4 is 77.8 Å². The highest BCUT2D eigenvalue weighted by Gasteiger charge is 2.27. The SMILES string of the molecule is CCCCCCCCCCCCCCCCCC(=O)OCC(COP(=O)(O)OCCNC(=O)OCCNc1c(NCCCOCCOCCOCCCNC(=O)CC[C@H](NC(=O)c2ccc(NCc3cnc4nc(N)[nH]c(=O)c4n3)cc2)C(=O)O)c(=O)c1=O)OC(=O)CCCCCCCCCCCCCCCCC. The van der Waals surface area contributed by atoms with Gasteiger partial charge in [-0.2, -0.15) is 4.98 Å². The molecule has 0 radical (unpaired) electrons. The molecular formula is C77H126N11O20P. The van der Waals surface area contributed by atoms with Gasteiger partial charge in [-0.3, -0.25) is 47.6 Å². The molecule has 614 valence electrons. The number of fused-ring (bicyclic) bond motifs is 1. The van der Waals surface area contributed by atoms with Crippen LogP contribution in [0.4, 0.5) is 27.8 Å². The number of ether oxygens (including phenoxy) is 6. The topological polar surface area (TPSA) is 438 Å². The number of carbonyl (C=O) groups is 6. The lowest BCUT2D eigenvalue weighted by Gasteiger charge is -2.20. The van der Waals surface area contributed by atoms with Gasteiger partial charge in [-0.1, -0.05) is 194 Å². The number of H-pyrrole nitrogens is 1. The first-order chi connectivity index (χ1) is 52.9. The minimum atomic E-state index is -4.74. The highest BCUT2D eigenvalue weighted by molar-refractivity contribution is 7.47. The molecule has 0 bridgehead atoms. The van der Waals surface area contributed by atoms with Crippen LogP contribution in [0.5, 0.6) is 0 Å². The minimum absolute atomic E-state index is 0.0187. The number of anilines is 4. The number of aromatic nitrogens is 4. The summed E-state index contributed by atoms with van der Waals surface area (Å²) in [5.74, 6) is -3.38. The summed E-state index contributed by atoms with van der Waals surface area (Å²) in [7, 11) is -4.74. The van der Waals surface area contributed by atoms with Crippen molar-refractivity contribution in [2.45, 2.75) is 264 Å². The van der Waals surface area contributed by atoms with Gasteiger partial charge in [0.1, 0.15) is 30.6 Å². The summed E-state index contributed by atoms with van der Waals surface area (Å²) >= 11 is 0. The molecule has 0 saturated carbocycles. The van der Waals surface area contributed by atoms with E-state index in [1.165, 1.54) is 160 Å². The Bertz CT molecular complexity index is 3380. The number of nitrogens with zero attached hydrogens (tertiary/aromatic N) is 3. The zero-order valence-electron chi connectivity index (χ0n) is 64.7. The highest BCUT2D eigenvalue weighted by atomic mass is 31.2. The Balaban J connectivity index is 0.990. The van der Waals surface area contributed by atoms with Gasteiger partial charge in [0.25, 0.3) is 22.3 Å². The average molecular weight is 1560 g/mol. The normalized spacial score (nSPS) is 12.5. The fraction of sp³-hybridized carbons (Fsp3) is 0.714. The maximum atomic E-state index is 13.0. The van der Waals surface area contributed by atoms with Crippen LogP contribution in [0.3, 0.4) is 0 Å². The number of hydrogen-bond acceptors (Lipinski definition) is 25. The number of nitrogen functional groups attached to an aromatic ring is 1. The van der Waals surface area contributed by atoms with Crippen molar-refractivity contribution in [1.82, 2.24) is 35.9 Å². The molecule has 11 N–H and O–H groups in total. The molecule has 0 fully saturated rings. The van der Waals surface area contributed by atoms with Crippen LogP contribution in [0.2, 0.25) is 0 Å². The summed E-state index contributed by atoms with van der Waals surface area (Å²) in [6, 6.07) is 4.93. The number of nitrogens with one attached hydrogen (secondary N) is 7. The second-order valence-corrected chi connectivity index (χ2v) is 28.8. The van der Waals surface area contributed by atoms with Crippen molar-refractivity contribution in [1.29, 1.82) is 0 Å². The molecule has 2 unspecified atom stereocenters. The van der Waals surface area contributed by atoms with Crippen molar-refractivity contribution in [3.63, 3.8) is 0 Å². The number of amides is 3. The fourth-order valence-corrected chi connectivity index (χ4v) is 12.5. The van der Waals surface area contributed by atoms with Gasteiger partial charge >= 0.3 is 31.8 Å². The van der Waals surface area contributed by atoms with E-state index >= 15 is 0 Å². The Morgan fingerprint density at radius 2 is 1.04 bits per heavy atom. The van der Waals surface area contributed by atoms with E-state index in [-0.39, 0.29) is 105 Å². The summed E-state index contributed by atoms with van der Waals surface area (Å²) in [6.45, 7) is 5.21. The number of phosphoric acid groups is 1. The number of carboxylic acid groups (broad SMARTS) is 1. The molecule has 0 aliphatic carbocycles. The first kappa shape index (κ1) is 93.7. The van der Waals surface area contributed by atoms with E-state index in [1.807, 2.05) is 0 Å². The van der Waals surface area contributed by atoms with Crippen LogP contribution < -0.4 is 54.1 Å². The fourth-order valence-electron chi connectivity index (χ4n) is 11.7. The standard InChI is InChI=1S/C77H126N11O20P/c1-3-5-7-9-11-13-15-17-19-21-23-25-27-29-31-35-65(90)105-57-62(108-66(91)36-32-30-28-26-24-22-20-18-16-14-12-10-8-6-4-2)58-107-109(99,100)106-50-46-82-77(98)104-49-45-81-68-67(70(92)71(68)93)80-44-34-48-102-52-54-103-53-51-101-47-33-43-79-64(89)42-41-63(75(96)97)86-73(94)59-37-39-60(40-38-59)83-55-61-56-84-72-69(85-61)74(95)88-76(78)87-72/h37-40,56,62-63,80-81,83H,3-36,41-55,57-58H2,1-2H3,(H,79,89)(H,82,98)(H,86,94)(H,96,97)(H,99,100)(H3,78,84,87,88,95)/t62?,63-/m0/s1. The minimum Gasteiger partial charge on any atom is -0.480 e. The van der Waals surface area contributed by atoms with E-state index in [0.717, 1.165) is 38.5 Å². The number of nitrogens with two attached hydrogens (primary N) is 1. The third kappa shape index (κ3) is 44.7. The molecule has 109 heavy (non-hydrogen) atoms. The predicted molar refractivity (Wildman–Crippen MR) is 418 cm³/mol. The lowest BCUT2D eigenvalue weighted by molar-refractivity contribution is -0.161. The molecule has 4 rings (SSSR count). The van der Waals surface area contributed by atoms with Gasteiger partial charge in [0.2, 0.25) is 11.9 Å². The van der Waals surface area contributed by atoms with Gasteiger partial charge in [0.05, 0.1) is 58.1 Å². The number of aromatic amines is 1. The summed E-state index contributed by atoms with van der Waals surface area (Å²) in [5.41, 5.74) is 5.17. The number of hydrogen-bond donors (Lipinski definition) is 10. The Kier molecular flexibility index (Phi) is 50.9. The molecule has 0 saturated heterocycles. The van der Waals surface area contributed by atoms with Crippen molar-refractivity contribution in [2.75, 3.05) is 114 Å². The molecule has 31 nitrogen and oxygen atoms in total. The van der Waals surface area contributed by atoms with E-state index < -0.39 is 79.5 Å².